The lowest BCUT2D eigenvalue weighted by Gasteiger charge is -2.11. The molecule has 0 aliphatic carbocycles. The van der Waals surface area contributed by atoms with Crippen molar-refractivity contribution in [3.8, 4) is 0 Å². The Morgan fingerprint density at radius 1 is 1.36 bits per heavy atom. The van der Waals surface area contributed by atoms with E-state index in [1.54, 1.807) is 0 Å². The molecule has 3 N–H and O–H groups in total. The molecule has 0 unspecified atom stereocenters. The van der Waals surface area contributed by atoms with Crippen LogP contribution in [0.2, 0.25) is 0 Å². The van der Waals surface area contributed by atoms with Crippen LogP contribution in [0.5, 0.6) is 0 Å². The standard InChI is InChI=1S/C8H12N2.HNO3/c1-10(2)8-5-3-7(9)4-6-8;2-1(3)4/h3-6H,9H2,1-2H3;(H,2,3,4). The Morgan fingerprint density at radius 2 is 1.71 bits per heavy atom. The van der Waals surface area contributed by atoms with E-state index in [2.05, 4.69) is 0 Å². The van der Waals surface area contributed by atoms with Crippen LogP contribution in [0, 0.1) is 10.1 Å². The van der Waals surface area contributed by atoms with E-state index in [9.17, 15) is 0 Å². The lowest BCUT2D eigenvalue weighted by atomic mass is 10.3. The van der Waals surface area contributed by atoms with Crippen molar-refractivity contribution < 1.29 is 10.3 Å². The molecule has 0 heterocycles. The summed E-state index contributed by atoms with van der Waals surface area (Å²) in [5.74, 6) is 0. The first-order chi connectivity index (χ1) is 6.43. The minimum Gasteiger partial charge on any atom is -0.399 e. The molecule has 1 aromatic carbocycles. The van der Waals surface area contributed by atoms with Crippen LogP contribution < -0.4 is 10.6 Å². The first kappa shape index (κ1) is 12.0. The van der Waals surface area contributed by atoms with Crippen LogP contribution in [0.15, 0.2) is 24.3 Å². The normalized spacial score (nSPS) is 8.43. The number of hydrogen-bond donors (Lipinski definition) is 2. The van der Waals surface area contributed by atoms with Crippen molar-refractivity contribution in [2.45, 2.75) is 0 Å². The summed E-state index contributed by atoms with van der Waals surface area (Å²) in [5, 5.41) is 13.6. The largest absolute Gasteiger partial charge is 0.399 e. The average Bonchev–Trinajstić information content (AvgIpc) is 2.03. The molecule has 0 amide bonds. The van der Waals surface area contributed by atoms with E-state index in [1.165, 1.54) is 5.69 Å². The molecule has 6 nitrogen and oxygen atoms in total. The molecular weight excluding hydrogens is 186 g/mol. The highest BCUT2D eigenvalue weighted by Gasteiger charge is 1.91. The monoisotopic (exact) mass is 199 g/mol. The Hall–Kier alpha value is -1.98. The van der Waals surface area contributed by atoms with Gasteiger partial charge in [-0.05, 0) is 24.3 Å². The van der Waals surface area contributed by atoms with Crippen molar-refractivity contribution in [3.05, 3.63) is 34.4 Å². The SMILES string of the molecule is CN(C)c1ccc(N)cc1.O=[N+]([O-])O. The van der Waals surface area contributed by atoms with Gasteiger partial charge in [-0.1, -0.05) is 0 Å². The summed E-state index contributed by atoms with van der Waals surface area (Å²) in [6, 6.07) is 7.79. The van der Waals surface area contributed by atoms with Crippen LogP contribution in [0.1, 0.15) is 0 Å². The topological polar surface area (TPSA) is 92.6 Å². The van der Waals surface area contributed by atoms with Crippen molar-refractivity contribution in [2.75, 3.05) is 24.7 Å². The van der Waals surface area contributed by atoms with Gasteiger partial charge in [0.2, 0.25) is 0 Å². The molecule has 0 aliphatic rings. The zero-order chi connectivity index (χ0) is 11.1. The Morgan fingerprint density at radius 3 is 2.00 bits per heavy atom. The summed E-state index contributed by atoms with van der Waals surface area (Å²) < 4.78 is 0. The van der Waals surface area contributed by atoms with Gasteiger partial charge in [0.15, 0.2) is 0 Å². The number of anilines is 2. The van der Waals surface area contributed by atoms with Crippen LogP contribution in [0.25, 0.3) is 0 Å². The van der Waals surface area contributed by atoms with E-state index in [-0.39, 0.29) is 0 Å². The predicted octanol–water partition coefficient (Wildman–Crippen LogP) is 0.987. The fourth-order valence-corrected chi connectivity index (χ4v) is 0.772. The van der Waals surface area contributed by atoms with Gasteiger partial charge in [0.05, 0.1) is 0 Å². The molecule has 0 aliphatic heterocycles. The molecule has 0 atom stereocenters. The highest BCUT2D eigenvalue weighted by molar-refractivity contribution is 5.51. The van der Waals surface area contributed by atoms with E-state index in [0.29, 0.717) is 0 Å². The number of hydrogen-bond acceptors (Lipinski definition) is 4. The summed E-state index contributed by atoms with van der Waals surface area (Å²) >= 11 is 0. The Labute approximate surface area is 81.7 Å². The number of nitrogens with zero attached hydrogens (tertiary/aromatic N) is 2. The zero-order valence-corrected chi connectivity index (χ0v) is 8.04. The first-order valence-electron chi connectivity index (χ1n) is 3.79. The Bertz CT molecular complexity index is 280. The zero-order valence-electron chi connectivity index (χ0n) is 8.04. The fraction of sp³-hybridized carbons (Fsp3) is 0.250. The molecule has 0 spiro atoms. The van der Waals surface area contributed by atoms with Gasteiger partial charge in [-0.2, -0.15) is 0 Å². The van der Waals surface area contributed by atoms with Crippen molar-refractivity contribution >= 4 is 11.4 Å². The molecule has 78 valence electrons. The van der Waals surface area contributed by atoms with E-state index >= 15 is 0 Å². The van der Waals surface area contributed by atoms with Gasteiger partial charge in [-0.25, -0.2) is 0 Å². The lowest BCUT2D eigenvalue weighted by molar-refractivity contribution is -0.742. The summed E-state index contributed by atoms with van der Waals surface area (Å²) in [6.45, 7) is 0. The Balaban J connectivity index is 0.000000364. The van der Waals surface area contributed by atoms with Gasteiger partial charge in [0.1, 0.15) is 0 Å². The predicted molar refractivity (Wildman–Crippen MR) is 54.0 cm³/mol. The maximum atomic E-state index is 8.36. The van der Waals surface area contributed by atoms with E-state index < -0.39 is 5.09 Å². The third-order valence-electron chi connectivity index (χ3n) is 1.41. The molecule has 1 rings (SSSR count). The summed E-state index contributed by atoms with van der Waals surface area (Å²) in [6.07, 6.45) is 0. The van der Waals surface area contributed by atoms with Gasteiger partial charge >= 0.3 is 0 Å². The third kappa shape index (κ3) is 5.64. The van der Waals surface area contributed by atoms with Gasteiger partial charge in [0.25, 0.3) is 5.09 Å². The van der Waals surface area contributed by atoms with Crippen molar-refractivity contribution in [2.24, 2.45) is 0 Å². The number of nitrogens with two attached hydrogens (primary N) is 1. The van der Waals surface area contributed by atoms with E-state index in [4.69, 9.17) is 21.1 Å². The van der Waals surface area contributed by atoms with Gasteiger partial charge in [0, 0.05) is 25.5 Å². The number of benzene rings is 1. The van der Waals surface area contributed by atoms with E-state index in [0.717, 1.165) is 5.69 Å². The molecule has 0 radical (unpaired) electrons. The summed E-state index contributed by atoms with van der Waals surface area (Å²) in [5.41, 5.74) is 7.49. The molecule has 0 saturated carbocycles. The molecule has 0 saturated heterocycles. The highest BCUT2D eigenvalue weighted by Crippen LogP contribution is 2.12. The van der Waals surface area contributed by atoms with Crippen LogP contribution >= 0.6 is 0 Å². The fourth-order valence-electron chi connectivity index (χ4n) is 0.772. The minimum atomic E-state index is -1.50. The van der Waals surface area contributed by atoms with Crippen LogP contribution in [0.4, 0.5) is 11.4 Å². The van der Waals surface area contributed by atoms with Crippen molar-refractivity contribution in [1.82, 2.24) is 0 Å². The molecule has 0 aromatic heterocycles. The minimum absolute atomic E-state index is 0.811. The van der Waals surface area contributed by atoms with Gasteiger partial charge in [-0.15, -0.1) is 10.1 Å². The molecule has 6 heteroatoms. The molecule has 0 fully saturated rings. The lowest BCUT2D eigenvalue weighted by Crippen LogP contribution is -2.08. The average molecular weight is 199 g/mol. The quantitative estimate of drug-likeness (QED) is 0.399. The number of nitrogen functional groups attached to an aromatic ring is 1. The van der Waals surface area contributed by atoms with Crippen LogP contribution in [0.3, 0.4) is 0 Å². The second-order valence-corrected chi connectivity index (χ2v) is 2.72. The van der Waals surface area contributed by atoms with Crippen LogP contribution in [-0.2, 0) is 0 Å². The number of rotatable bonds is 1. The molecular formula is C8H13N3O3. The molecule has 1 aromatic rings. The van der Waals surface area contributed by atoms with E-state index in [1.807, 2.05) is 43.3 Å². The second-order valence-electron chi connectivity index (χ2n) is 2.72. The summed E-state index contributed by atoms with van der Waals surface area (Å²) in [7, 11) is 4.01. The van der Waals surface area contributed by atoms with Crippen molar-refractivity contribution in [1.29, 1.82) is 0 Å². The van der Waals surface area contributed by atoms with Crippen LogP contribution in [-0.4, -0.2) is 24.4 Å². The molecule has 14 heavy (non-hydrogen) atoms. The Kier molecular flexibility index (Phi) is 4.83. The van der Waals surface area contributed by atoms with Gasteiger partial charge < -0.3 is 15.8 Å². The second kappa shape index (κ2) is 5.63. The highest BCUT2D eigenvalue weighted by atomic mass is 16.9. The summed E-state index contributed by atoms with van der Waals surface area (Å²) in [4.78, 5) is 10.4. The van der Waals surface area contributed by atoms with Gasteiger partial charge in [-0.3, -0.25) is 0 Å². The maximum Gasteiger partial charge on any atom is 0.291 e. The van der Waals surface area contributed by atoms with Crippen molar-refractivity contribution in [3.63, 3.8) is 0 Å². The smallest absolute Gasteiger partial charge is 0.291 e. The molecule has 0 bridgehead atoms. The third-order valence-corrected chi connectivity index (χ3v) is 1.41. The maximum absolute atomic E-state index is 8.36. The first-order valence-corrected chi connectivity index (χ1v) is 3.79.